The lowest BCUT2D eigenvalue weighted by molar-refractivity contribution is 1.29. The van der Waals surface area contributed by atoms with Crippen LogP contribution in [0.2, 0.25) is 0 Å². The average Bonchev–Trinajstić information content (AvgIpc) is 2.77. The molecule has 0 radical (unpaired) electrons. The number of aromatic amines is 1. The highest BCUT2D eigenvalue weighted by Gasteiger charge is 2.10. The summed E-state index contributed by atoms with van der Waals surface area (Å²) in [5.41, 5.74) is 3.97. The lowest BCUT2D eigenvalue weighted by Crippen LogP contribution is -1.84. The first-order chi connectivity index (χ1) is 8.65. The zero-order valence-electron chi connectivity index (χ0n) is 9.54. The smallest absolute Gasteiger partial charge is 0.178 e. The average molecular weight is 414 g/mol. The van der Waals surface area contributed by atoms with Gasteiger partial charge in [0.2, 0.25) is 0 Å². The molecule has 2 heterocycles. The van der Waals surface area contributed by atoms with Crippen molar-refractivity contribution in [2.45, 2.75) is 6.92 Å². The lowest BCUT2D eigenvalue weighted by atomic mass is 10.2. The molecule has 1 N–H and O–H groups in total. The van der Waals surface area contributed by atoms with Crippen LogP contribution in [0.3, 0.4) is 0 Å². The first kappa shape index (κ1) is 12.1. The molecule has 0 amide bonds. The fourth-order valence-corrected chi connectivity index (χ4v) is 2.77. The molecule has 0 aliphatic rings. The van der Waals surface area contributed by atoms with Crippen LogP contribution in [0.25, 0.3) is 22.6 Å². The number of nitrogens with zero attached hydrogens (tertiary/aromatic N) is 2. The third-order valence-corrected chi connectivity index (χ3v) is 4.15. The number of benzene rings is 1. The molecule has 18 heavy (non-hydrogen) atoms. The molecule has 90 valence electrons. The van der Waals surface area contributed by atoms with E-state index in [1.54, 1.807) is 6.20 Å². The van der Waals surface area contributed by atoms with Gasteiger partial charge in [-0.3, -0.25) is 0 Å². The molecule has 0 saturated carbocycles. The van der Waals surface area contributed by atoms with Gasteiger partial charge >= 0.3 is 0 Å². The Kier molecular flexibility index (Phi) is 3.11. The molecule has 3 rings (SSSR count). The van der Waals surface area contributed by atoms with Crippen LogP contribution in [0, 0.1) is 10.5 Å². The van der Waals surface area contributed by atoms with Gasteiger partial charge in [0.1, 0.15) is 5.82 Å². The number of H-pyrrole nitrogens is 1. The second-order valence-corrected chi connectivity index (χ2v) is 6.14. The molecule has 0 unspecified atom stereocenters. The maximum Gasteiger partial charge on any atom is 0.178 e. The first-order valence-corrected chi connectivity index (χ1v) is 7.29. The summed E-state index contributed by atoms with van der Waals surface area (Å²) in [6.45, 7) is 2.05. The van der Waals surface area contributed by atoms with Crippen molar-refractivity contribution in [3.63, 3.8) is 0 Å². The van der Waals surface area contributed by atoms with Gasteiger partial charge in [0.25, 0.3) is 0 Å². The third-order valence-electron chi connectivity index (χ3n) is 2.78. The Morgan fingerprint density at radius 3 is 2.89 bits per heavy atom. The summed E-state index contributed by atoms with van der Waals surface area (Å²) in [5.74, 6) is 0.845. The number of hydrogen-bond donors (Lipinski definition) is 1. The molecule has 0 bridgehead atoms. The minimum atomic E-state index is 0.760. The van der Waals surface area contributed by atoms with E-state index in [1.807, 2.05) is 12.1 Å². The van der Waals surface area contributed by atoms with Crippen LogP contribution in [0.15, 0.2) is 34.9 Å². The molecule has 0 atom stereocenters. The predicted octanol–water partition coefficient (Wildman–Crippen LogP) is 4.30. The molecule has 0 saturated heterocycles. The lowest BCUT2D eigenvalue weighted by Gasteiger charge is -2.01. The maximum absolute atomic E-state index is 4.55. The summed E-state index contributed by atoms with van der Waals surface area (Å²) in [7, 11) is 0. The second kappa shape index (κ2) is 4.62. The van der Waals surface area contributed by atoms with Crippen LogP contribution in [0.5, 0.6) is 0 Å². The topological polar surface area (TPSA) is 41.6 Å². The molecule has 0 spiro atoms. The van der Waals surface area contributed by atoms with Gasteiger partial charge in [0.15, 0.2) is 5.65 Å². The molecule has 0 aliphatic heterocycles. The molecule has 2 aromatic heterocycles. The number of aryl methyl sites for hydroxylation is 1. The fraction of sp³-hybridized carbons (Fsp3) is 0.0769. The van der Waals surface area contributed by atoms with Gasteiger partial charge in [-0.1, -0.05) is 15.9 Å². The summed E-state index contributed by atoms with van der Waals surface area (Å²) >= 11 is 5.86. The van der Waals surface area contributed by atoms with Gasteiger partial charge < -0.3 is 4.98 Å². The molecule has 0 fully saturated rings. The van der Waals surface area contributed by atoms with Crippen molar-refractivity contribution >= 4 is 49.7 Å². The molecule has 3 nitrogen and oxygen atoms in total. The SMILES string of the molecule is Cc1ccnc2nc(-c3cc(I)ccc3Br)[nH]c12. The summed E-state index contributed by atoms with van der Waals surface area (Å²) in [6, 6.07) is 8.16. The zero-order valence-corrected chi connectivity index (χ0v) is 13.3. The minimum Gasteiger partial charge on any atom is -0.336 e. The summed E-state index contributed by atoms with van der Waals surface area (Å²) in [5, 5.41) is 0. The van der Waals surface area contributed by atoms with Gasteiger partial charge in [-0.2, -0.15) is 0 Å². The van der Waals surface area contributed by atoms with E-state index in [9.17, 15) is 0 Å². The van der Waals surface area contributed by atoms with Crippen LogP contribution in [-0.4, -0.2) is 15.0 Å². The van der Waals surface area contributed by atoms with Crippen LogP contribution in [0.4, 0.5) is 0 Å². The molecular formula is C13H9BrIN3. The molecule has 5 heteroatoms. The summed E-state index contributed by atoms with van der Waals surface area (Å²) in [6.07, 6.45) is 1.78. The largest absolute Gasteiger partial charge is 0.336 e. The van der Waals surface area contributed by atoms with E-state index in [-0.39, 0.29) is 0 Å². The highest BCUT2D eigenvalue weighted by molar-refractivity contribution is 14.1. The zero-order chi connectivity index (χ0) is 12.7. The molecule has 1 aromatic carbocycles. The van der Waals surface area contributed by atoms with E-state index in [2.05, 4.69) is 72.5 Å². The van der Waals surface area contributed by atoms with Gasteiger partial charge in [0, 0.05) is 19.8 Å². The Bertz CT molecular complexity index is 736. The minimum absolute atomic E-state index is 0.760. The van der Waals surface area contributed by atoms with E-state index >= 15 is 0 Å². The number of nitrogens with one attached hydrogen (secondary N) is 1. The quantitative estimate of drug-likeness (QED) is 0.604. The fourth-order valence-electron chi connectivity index (χ4n) is 1.84. The van der Waals surface area contributed by atoms with Crippen molar-refractivity contribution in [3.05, 3.63) is 44.1 Å². The highest BCUT2D eigenvalue weighted by atomic mass is 127. The third kappa shape index (κ3) is 2.05. The number of pyridine rings is 1. The van der Waals surface area contributed by atoms with Gasteiger partial charge in [-0.05, 0) is 59.3 Å². The van der Waals surface area contributed by atoms with Gasteiger partial charge in [-0.15, -0.1) is 0 Å². The van der Waals surface area contributed by atoms with E-state index in [0.29, 0.717) is 0 Å². The van der Waals surface area contributed by atoms with Crippen LogP contribution >= 0.6 is 38.5 Å². The monoisotopic (exact) mass is 413 g/mol. The normalized spacial score (nSPS) is 11.1. The van der Waals surface area contributed by atoms with Crippen molar-refractivity contribution in [1.82, 2.24) is 15.0 Å². The highest BCUT2D eigenvalue weighted by Crippen LogP contribution is 2.29. The number of hydrogen-bond acceptors (Lipinski definition) is 2. The summed E-state index contributed by atoms with van der Waals surface area (Å²) in [4.78, 5) is 12.2. The standard InChI is InChI=1S/C13H9BrIN3/c1-7-4-5-16-13-11(7)17-12(18-13)9-6-8(15)2-3-10(9)14/h2-6H,1H3,(H,16,17,18). The first-order valence-electron chi connectivity index (χ1n) is 5.42. The number of halogens is 2. The van der Waals surface area contributed by atoms with Crippen LogP contribution in [-0.2, 0) is 0 Å². The van der Waals surface area contributed by atoms with Crippen molar-refractivity contribution in [1.29, 1.82) is 0 Å². The second-order valence-electron chi connectivity index (χ2n) is 4.04. The van der Waals surface area contributed by atoms with Crippen LogP contribution < -0.4 is 0 Å². The number of rotatable bonds is 1. The number of imidazole rings is 1. The number of fused-ring (bicyclic) bond motifs is 1. The van der Waals surface area contributed by atoms with E-state index in [4.69, 9.17) is 0 Å². The summed E-state index contributed by atoms with van der Waals surface area (Å²) < 4.78 is 2.20. The maximum atomic E-state index is 4.55. The Morgan fingerprint density at radius 1 is 1.28 bits per heavy atom. The van der Waals surface area contributed by atoms with Gasteiger partial charge in [0.05, 0.1) is 5.52 Å². The Balaban J connectivity index is 2.26. The van der Waals surface area contributed by atoms with Crippen molar-refractivity contribution in [2.75, 3.05) is 0 Å². The Hall–Kier alpha value is -0.950. The molecular weight excluding hydrogens is 405 g/mol. The Labute approximate surface area is 126 Å². The van der Waals surface area contributed by atoms with Crippen molar-refractivity contribution < 1.29 is 0 Å². The van der Waals surface area contributed by atoms with E-state index < -0.39 is 0 Å². The van der Waals surface area contributed by atoms with Crippen LogP contribution in [0.1, 0.15) is 5.56 Å². The van der Waals surface area contributed by atoms with Gasteiger partial charge in [-0.25, -0.2) is 9.97 Å². The molecule has 0 aliphatic carbocycles. The van der Waals surface area contributed by atoms with Crippen molar-refractivity contribution in [3.8, 4) is 11.4 Å². The predicted molar refractivity (Wildman–Crippen MR) is 84.5 cm³/mol. The van der Waals surface area contributed by atoms with Crippen molar-refractivity contribution in [2.24, 2.45) is 0 Å². The van der Waals surface area contributed by atoms with E-state index in [0.717, 1.165) is 32.6 Å². The molecule has 3 aromatic rings. The van der Waals surface area contributed by atoms with E-state index in [1.165, 1.54) is 3.57 Å². The number of aromatic nitrogens is 3. The Morgan fingerprint density at radius 2 is 2.11 bits per heavy atom.